The van der Waals surface area contributed by atoms with Gasteiger partial charge in [0.05, 0.1) is 7.11 Å². The van der Waals surface area contributed by atoms with Crippen molar-refractivity contribution in [2.45, 2.75) is 13.0 Å². The number of hydrogen-bond donors (Lipinski definition) is 1. The van der Waals surface area contributed by atoms with Crippen LogP contribution in [0.4, 0.5) is 0 Å². The highest BCUT2D eigenvalue weighted by Gasteiger charge is 2.21. The van der Waals surface area contributed by atoms with Gasteiger partial charge in [0.15, 0.2) is 0 Å². The van der Waals surface area contributed by atoms with E-state index in [-0.39, 0.29) is 11.9 Å². The second-order valence-corrected chi connectivity index (χ2v) is 5.95. The van der Waals surface area contributed by atoms with Crippen molar-refractivity contribution in [2.75, 3.05) is 7.11 Å². The quantitative estimate of drug-likeness (QED) is 0.779. The van der Waals surface area contributed by atoms with Gasteiger partial charge in [-0.05, 0) is 30.7 Å². The van der Waals surface area contributed by atoms with Crippen molar-refractivity contribution >= 4 is 5.91 Å². The van der Waals surface area contributed by atoms with E-state index in [1.165, 1.54) is 5.56 Å². The summed E-state index contributed by atoms with van der Waals surface area (Å²) in [6.07, 6.45) is 3.60. The molecule has 0 aliphatic carbocycles. The van der Waals surface area contributed by atoms with Crippen LogP contribution in [-0.4, -0.2) is 22.6 Å². The number of ether oxygens (including phenoxy) is 1. The Hall–Kier alpha value is -3.08. The van der Waals surface area contributed by atoms with Crippen molar-refractivity contribution in [3.63, 3.8) is 0 Å². The van der Waals surface area contributed by atoms with Crippen molar-refractivity contribution in [3.8, 4) is 5.75 Å². The second-order valence-electron chi connectivity index (χ2n) is 5.95. The van der Waals surface area contributed by atoms with Gasteiger partial charge >= 0.3 is 0 Å². The maximum absolute atomic E-state index is 12.8. The zero-order valence-electron chi connectivity index (χ0n) is 14.6. The number of aromatic nitrogens is 2. The Morgan fingerprint density at radius 3 is 2.60 bits per heavy atom. The van der Waals surface area contributed by atoms with E-state index < -0.39 is 0 Å². The molecule has 0 radical (unpaired) electrons. The summed E-state index contributed by atoms with van der Waals surface area (Å²) in [4.78, 5) is 17.2. The molecule has 3 rings (SSSR count). The first kappa shape index (κ1) is 16.8. The average molecular weight is 335 g/mol. The van der Waals surface area contributed by atoms with Gasteiger partial charge < -0.3 is 14.6 Å². The van der Waals surface area contributed by atoms with Crippen LogP contribution in [0.2, 0.25) is 0 Å². The van der Waals surface area contributed by atoms with Crippen LogP contribution in [0.3, 0.4) is 0 Å². The lowest BCUT2D eigenvalue weighted by Crippen LogP contribution is -2.31. The summed E-state index contributed by atoms with van der Waals surface area (Å²) in [5.74, 6) is 1.25. The third-order valence-electron chi connectivity index (χ3n) is 4.13. The highest BCUT2D eigenvalue weighted by atomic mass is 16.5. The van der Waals surface area contributed by atoms with Crippen LogP contribution in [0.5, 0.6) is 5.75 Å². The number of methoxy groups -OCH3 is 1. The number of aryl methyl sites for hydroxylation is 2. The fraction of sp³-hybridized carbons (Fsp3) is 0.200. The number of benzene rings is 2. The molecule has 0 aliphatic rings. The number of rotatable bonds is 5. The Bertz CT molecular complexity index is 869. The molecule has 1 heterocycles. The molecule has 3 aromatic rings. The van der Waals surface area contributed by atoms with Gasteiger partial charge in [-0.3, -0.25) is 4.79 Å². The van der Waals surface area contributed by atoms with Crippen molar-refractivity contribution < 1.29 is 9.53 Å². The number of amides is 1. The molecule has 0 bridgehead atoms. The Kier molecular flexibility index (Phi) is 4.84. The summed E-state index contributed by atoms with van der Waals surface area (Å²) in [6.45, 7) is 2.04. The minimum Gasteiger partial charge on any atom is -0.497 e. The van der Waals surface area contributed by atoms with Crippen molar-refractivity contribution in [3.05, 3.63) is 83.4 Å². The summed E-state index contributed by atoms with van der Waals surface area (Å²) in [6, 6.07) is 14.9. The van der Waals surface area contributed by atoms with Gasteiger partial charge in [0.25, 0.3) is 5.91 Å². The van der Waals surface area contributed by atoms with Crippen LogP contribution in [0, 0.1) is 6.92 Å². The molecule has 5 heteroatoms. The van der Waals surface area contributed by atoms with E-state index in [4.69, 9.17) is 4.74 Å². The van der Waals surface area contributed by atoms with Crippen LogP contribution in [0.1, 0.15) is 33.4 Å². The number of carbonyl (C=O) groups is 1. The van der Waals surface area contributed by atoms with E-state index in [2.05, 4.69) is 10.3 Å². The minimum absolute atomic E-state index is 0.174. The van der Waals surface area contributed by atoms with Crippen molar-refractivity contribution in [1.29, 1.82) is 0 Å². The Labute approximate surface area is 147 Å². The number of nitrogens with zero attached hydrogens (tertiary/aromatic N) is 2. The van der Waals surface area contributed by atoms with E-state index in [0.717, 1.165) is 11.4 Å². The highest BCUT2D eigenvalue weighted by Crippen LogP contribution is 2.22. The molecule has 1 aromatic heterocycles. The average Bonchev–Trinajstić information content (AvgIpc) is 3.06. The molecule has 25 heavy (non-hydrogen) atoms. The maximum atomic E-state index is 12.8. The number of hydrogen-bond acceptors (Lipinski definition) is 3. The van der Waals surface area contributed by atoms with Gasteiger partial charge in [0.1, 0.15) is 17.6 Å². The van der Waals surface area contributed by atoms with Gasteiger partial charge in [-0.2, -0.15) is 0 Å². The lowest BCUT2D eigenvalue weighted by Gasteiger charge is -2.19. The van der Waals surface area contributed by atoms with Crippen LogP contribution in [0.15, 0.2) is 60.9 Å². The van der Waals surface area contributed by atoms with Crippen LogP contribution >= 0.6 is 0 Å². The molecule has 0 saturated carbocycles. The molecule has 2 aromatic carbocycles. The third kappa shape index (κ3) is 3.71. The summed E-state index contributed by atoms with van der Waals surface area (Å²) in [5, 5.41) is 3.09. The van der Waals surface area contributed by atoms with E-state index in [1.807, 2.05) is 55.1 Å². The van der Waals surface area contributed by atoms with Gasteiger partial charge in [-0.15, -0.1) is 0 Å². The SMILES string of the molecule is COc1cccc(C(=O)NC(c2ccc(C)cc2)c2nccn2C)c1. The first-order chi connectivity index (χ1) is 12.1. The highest BCUT2D eigenvalue weighted by molar-refractivity contribution is 5.95. The fourth-order valence-electron chi connectivity index (χ4n) is 2.69. The zero-order chi connectivity index (χ0) is 17.8. The maximum Gasteiger partial charge on any atom is 0.252 e. The Balaban J connectivity index is 1.93. The molecular weight excluding hydrogens is 314 g/mol. The van der Waals surface area contributed by atoms with Gasteiger partial charge in [-0.25, -0.2) is 4.98 Å². The van der Waals surface area contributed by atoms with Gasteiger partial charge in [-0.1, -0.05) is 35.9 Å². The second kappa shape index (κ2) is 7.21. The molecule has 1 atom stereocenters. The monoisotopic (exact) mass is 335 g/mol. The number of imidazole rings is 1. The predicted octanol–water partition coefficient (Wildman–Crippen LogP) is 3.26. The van der Waals surface area contributed by atoms with Crippen molar-refractivity contribution in [1.82, 2.24) is 14.9 Å². The van der Waals surface area contributed by atoms with Crippen LogP contribution in [-0.2, 0) is 7.05 Å². The van der Waals surface area contributed by atoms with E-state index in [0.29, 0.717) is 11.3 Å². The smallest absolute Gasteiger partial charge is 0.252 e. The summed E-state index contributed by atoms with van der Waals surface area (Å²) < 4.78 is 7.12. The molecular formula is C20H21N3O2. The summed E-state index contributed by atoms with van der Waals surface area (Å²) >= 11 is 0. The molecule has 0 saturated heterocycles. The fourth-order valence-corrected chi connectivity index (χ4v) is 2.69. The van der Waals surface area contributed by atoms with Gasteiger partial charge in [0, 0.05) is 25.0 Å². The number of carbonyl (C=O) groups excluding carboxylic acids is 1. The number of nitrogens with one attached hydrogen (secondary N) is 1. The summed E-state index contributed by atoms with van der Waals surface area (Å²) in [5.41, 5.74) is 2.70. The van der Waals surface area contributed by atoms with E-state index in [1.54, 1.807) is 31.5 Å². The topological polar surface area (TPSA) is 56.1 Å². The lowest BCUT2D eigenvalue weighted by atomic mass is 10.0. The molecule has 0 fully saturated rings. The Morgan fingerprint density at radius 1 is 1.20 bits per heavy atom. The van der Waals surface area contributed by atoms with Gasteiger partial charge in [0.2, 0.25) is 0 Å². The molecule has 128 valence electrons. The zero-order valence-corrected chi connectivity index (χ0v) is 14.6. The molecule has 1 amide bonds. The lowest BCUT2D eigenvalue weighted by molar-refractivity contribution is 0.0941. The first-order valence-corrected chi connectivity index (χ1v) is 8.07. The van der Waals surface area contributed by atoms with Crippen LogP contribution in [0.25, 0.3) is 0 Å². The molecule has 0 aliphatic heterocycles. The van der Waals surface area contributed by atoms with E-state index in [9.17, 15) is 4.79 Å². The largest absolute Gasteiger partial charge is 0.497 e. The third-order valence-corrected chi connectivity index (χ3v) is 4.13. The standard InChI is InChI=1S/C20H21N3O2/c1-14-7-9-15(10-8-14)18(19-21-11-12-23(19)2)22-20(24)16-5-4-6-17(13-16)25-3/h4-13,18H,1-3H3,(H,22,24). The molecule has 5 nitrogen and oxygen atoms in total. The molecule has 1 unspecified atom stereocenters. The Morgan fingerprint density at radius 2 is 1.96 bits per heavy atom. The molecule has 1 N–H and O–H groups in total. The van der Waals surface area contributed by atoms with Crippen molar-refractivity contribution in [2.24, 2.45) is 7.05 Å². The summed E-state index contributed by atoms with van der Waals surface area (Å²) in [7, 11) is 3.50. The minimum atomic E-state index is -0.334. The first-order valence-electron chi connectivity index (χ1n) is 8.07. The van der Waals surface area contributed by atoms with Crippen LogP contribution < -0.4 is 10.1 Å². The molecule has 0 spiro atoms. The predicted molar refractivity (Wildman–Crippen MR) is 96.7 cm³/mol. The van der Waals surface area contributed by atoms with E-state index >= 15 is 0 Å². The normalized spacial score (nSPS) is 11.8.